The molecule has 2 heterocycles. The molecule has 170 valence electrons. The van der Waals surface area contributed by atoms with E-state index in [2.05, 4.69) is 25.8 Å². The van der Waals surface area contributed by atoms with Gasteiger partial charge in [-0.2, -0.15) is 0 Å². The lowest BCUT2D eigenvalue weighted by atomic mass is 10.1. The predicted octanol–water partition coefficient (Wildman–Crippen LogP) is 5.05. The fourth-order valence-corrected chi connectivity index (χ4v) is 3.86. The van der Waals surface area contributed by atoms with E-state index in [4.69, 9.17) is 11.6 Å². The molecule has 3 aromatic rings. The molecule has 0 bridgehead atoms. The number of pyridine rings is 1. The monoisotopic (exact) mass is 467 g/mol. The summed E-state index contributed by atoms with van der Waals surface area (Å²) in [4.78, 5) is 31.7. The summed E-state index contributed by atoms with van der Waals surface area (Å²) in [6, 6.07) is 12.3. The summed E-state index contributed by atoms with van der Waals surface area (Å²) in [5.41, 5.74) is 2.99. The quantitative estimate of drug-likeness (QED) is 0.473. The first-order chi connectivity index (χ1) is 16.0. The van der Waals surface area contributed by atoms with Crippen molar-refractivity contribution in [3.05, 3.63) is 82.9 Å². The molecule has 1 aliphatic heterocycles. The van der Waals surface area contributed by atoms with Crippen LogP contribution in [-0.2, 0) is 6.54 Å². The highest BCUT2D eigenvalue weighted by Gasteiger charge is 2.20. The van der Waals surface area contributed by atoms with Crippen molar-refractivity contribution in [2.24, 2.45) is 0 Å². The van der Waals surface area contributed by atoms with E-state index in [0.29, 0.717) is 23.5 Å². The molecule has 2 aromatic carbocycles. The Morgan fingerprint density at radius 1 is 1.03 bits per heavy atom. The van der Waals surface area contributed by atoms with Crippen molar-refractivity contribution < 1.29 is 14.0 Å². The third-order valence-corrected chi connectivity index (χ3v) is 5.59. The molecule has 4 rings (SSSR count). The van der Waals surface area contributed by atoms with E-state index in [0.717, 1.165) is 37.2 Å². The predicted molar refractivity (Wildman–Crippen MR) is 127 cm³/mol. The summed E-state index contributed by atoms with van der Waals surface area (Å²) in [6.45, 7) is 2.10. The average Bonchev–Trinajstić information content (AvgIpc) is 3.35. The van der Waals surface area contributed by atoms with Gasteiger partial charge in [-0.1, -0.05) is 17.7 Å². The number of nitrogens with one attached hydrogen (secondary N) is 3. The third kappa shape index (κ3) is 5.78. The van der Waals surface area contributed by atoms with Gasteiger partial charge in [-0.3, -0.25) is 9.78 Å². The number of anilines is 3. The van der Waals surface area contributed by atoms with Crippen molar-refractivity contribution in [3.63, 3.8) is 0 Å². The average molecular weight is 468 g/mol. The van der Waals surface area contributed by atoms with Gasteiger partial charge in [0.25, 0.3) is 5.91 Å². The molecule has 33 heavy (non-hydrogen) atoms. The van der Waals surface area contributed by atoms with E-state index in [-0.39, 0.29) is 10.9 Å². The first-order valence-corrected chi connectivity index (χ1v) is 11.0. The number of hydrogen-bond donors (Lipinski definition) is 3. The lowest BCUT2D eigenvalue weighted by molar-refractivity contribution is 0.0951. The number of amides is 3. The zero-order valence-electron chi connectivity index (χ0n) is 17.8. The summed E-state index contributed by atoms with van der Waals surface area (Å²) in [5.74, 6) is -0.808. The molecular weight excluding hydrogens is 445 g/mol. The summed E-state index contributed by atoms with van der Waals surface area (Å²) >= 11 is 5.77. The maximum atomic E-state index is 13.3. The summed E-state index contributed by atoms with van der Waals surface area (Å²) in [7, 11) is 0. The summed E-state index contributed by atoms with van der Waals surface area (Å²) in [6.07, 6.45) is 5.52. The minimum absolute atomic E-state index is 0.0876. The zero-order valence-corrected chi connectivity index (χ0v) is 18.5. The number of benzene rings is 2. The normalized spacial score (nSPS) is 13.0. The number of carbonyl (C=O) groups excluding carboxylic acids is 2. The Morgan fingerprint density at radius 3 is 2.45 bits per heavy atom. The van der Waals surface area contributed by atoms with Crippen molar-refractivity contribution in [3.8, 4) is 0 Å². The molecule has 9 heteroatoms. The smallest absolute Gasteiger partial charge is 0.323 e. The molecule has 0 radical (unpaired) electrons. The van der Waals surface area contributed by atoms with Gasteiger partial charge in [0.15, 0.2) is 0 Å². The molecule has 1 saturated heterocycles. The summed E-state index contributed by atoms with van der Waals surface area (Å²) in [5, 5.41) is 8.16. The molecule has 0 spiro atoms. The van der Waals surface area contributed by atoms with Crippen LogP contribution in [0.25, 0.3) is 0 Å². The second-order valence-electron chi connectivity index (χ2n) is 7.68. The number of nitrogens with zero attached hydrogens (tertiary/aromatic N) is 2. The molecule has 7 nitrogen and oxygen atoms in total. The van der Waals surface area contributed by atoms with E-state index in [1.807, 2.05) is 18.2 Å². The second kappa shape index (κ2) is 10.3. The Labute approximate surface area is 196 Å². The van der Waals surface area contributed by atoms with Crippen molar-refractivity contribution in [2.45, 2.75) is 19.4 Å². The number of aromatic nitrogens is 1. The van der Waals surface area contributed by atoms with Gasteiger partial charge >= 0.3 is 6.03 Å². The Hall–Kier alpha value is -3.65. The minimum Gasteiger partial charge on any atom is -0.371 e. The lowest BCUT2D eigenvalue weighted by Gasteiger charge is -2.22. The van der Waals surface area contributed by atoms with Crippen LogP contribution in [-0.4, -0.2) is 30.0 Å². The largest absolute Gasteiger partial charge is 0.371 e. The minimum atomic E-state index is -0.568. The summed E-state index contributed by atoms with van der Waals surface area (Å²) < 4.78 is 13.3. The highest BCUT2D eigenvalue weighted by atomic mass is 35.5. The van der Waals surface area contributed by atoms with Crippen LogP contribution < -0.4 is 20.9 Å². The van der Waals surface area contributed by atoms with E-state index >= 15 is 0 Å². The molecule has 1 fully saturated rings. The van der Waals surface area contributed by atoms with Crippen LogP contribution in [0.3, 0.4) is 0 Å². The Balaban J connectivity index is 1.50. The first kappa shape index (κ1) is 22.5. The van der Waals surface area contributed by atoms with Crippen molar-refractivity contribution in [1.82, 2.24) is 10.3 Å². The van der Waals surface area contributed by atoms with Crippen LogP contribution in [0, 0.1) is 5.82 Å². The topological polar surface area (TPSA) is 86.4 Å². The maximum absolute atomic E-state index is 13.3. The van der Waals surface area contributed by atoms with E-state index in [1.165, 1.54) is 18.2 Å². The van der Waals surface area contributed by atoms with E-state index < -0.39 is 11.8 Å². The van der Waals surface area contributed by atoms with Gasteiger partial charge in [0.05, 0.1) is 10.6 Å². The molecule has 0 aliphatic carbocycles. The molecule has 0 unspecified atom stereocenters. The van der Waals surface area contributed by atoms with Crippen molar-refractivity contribution in [2.75, 3.05) is 28.6 Å². The van der Waals surface area contributed by atoms with E-state index in [1.54, 1.807) is 24.5 Å². The third-order valence-electron chi connectivity index (χ3n) is 5.30. The number of urea groups is 1. The molecular formula is C24H23ClFN5O2. The second-order valence-corrected chi connectivity index (χ2v) is 8.09. The van der Waals surface area contributed by atoms with Gasteiger partial charge in [-0.05, 0) is 60.9 Å². The van der Waals surface area contributed by atoms with Crippen LogP contribution in [0.5, 0.6) is 0 Å². The lowest BCUT2D eigenvalue weighted by Crippen LogP contribution is -2.27. The molecule has 0 atom stereocenters. The van der Waals surface area contributed by atoms with Crippen LogP contribution in [0.1, 0.15) is 28.8 Å². The standard InChI is InChI=1S/C24H23ClFN5O2/c25-20-13-18(5-7-21(20)26)30-24(33)29-17-6-8-22(31-10-1-2-11-31)19(12-17)23(32)28-15-16-4-3-9-27-14-16/h3-9,12-14H,1-2,10-11,15H2,(H,28,32)(H2,29,30,33). The number of carbonyl (C=O) groups is 2. The number of hydrogen-bond acceptors (Lipinski definition) is 4. The Kier molecular flexibility index (Phi) is 7.04. The van der Waals surface area contributed by atoms with Crippen molar-refractivity contribution in [1.29, 1.82) is 0 Å². The first-order valence-electron chi connectivity index (χ1n) is 10.6. The fourth-order valence-electron chi connectivity index (χ4n) is 3.68. The zero-order chi connectivity index (χ0) is 23.2. The Morgan fingerprint density at radius 2 is 1.76 bits per heavy atom. The molecule has 1 aliphatic rings. The van der Waals surface area contributed by atoms with Gasteiger partial charge in [-0.15, -0.1) is 0 Å². The Bertz CT molecular complexity index is 1150. The van der Waals surface area contributed by atoms with Gasteiger partial charge < -0.3 is 20.9 Å². The highest BCUT2D eigenvalue weighted by Crippen LogP contribution is 2.28. The van der Waals surface area contributed by atoms with Gasteiger partial charge in [-0.25, -0.2) is 9.18 Å². The van der Waals surface area contributed by atoms with Gasteiger partial charge in [0, 0.05) is 49.1 Å². The number of rotatable bonds is 6. The van der Waals surface area contributed by atoms with E-state index in [9.17, 15) is 14.0 Å². The van der Waals surface area contributed by atoms with Crippen molar-refractivity contribution >= 4 is 40.6 Å². The molecule has 0 saturated carbocycles. The van der Waals surface area contributed by atoms with Crippen LogP contribution >= 0.6 is 11.6 Å². The van der Waals surface area contributed by atoms with Crippen LogP contribution in [0.2, 0.25) is 5.02 Å². The molecule has 3 N–H and O–H groups in total. The molecule has 1 aromatic heterocycles. The van der Waals surface area contributed by atoms with Gasteiger partial charge in [0.2, 0.25) is 0 Å². The van der Waals surface area contributed by atoms with Crippen LogP contribution in [0.4, 0.5) is 26.2 Å². The number of halogens is 2. The highest BCUT2D eigenvalue weighted by molar-refractivity contribution is 6.31. The van der Waals surface area contributed by atoms with Gasteiger partial charge in [0.1, 0.15) is 5.82 Å². The fraction of sp³-hybridized carbons (Fsp3) is 0.208. The maximum Gasteiger partial charge on any atom is 0.323 e. The molecule has 3 amide bonds. The SMILES string of the molecule is O=C(Nc1ccc(F)c(Cl)c1)Nc1ccc(N2CCCC2)c(C(=O)NCc2cccnc2)c1. The van der Waals surface area contributed by atoms with Crippen LogP contribution in [0.15, 0.2) is 60.9 Å².